The molecule has 9 nitrogen and oxygen atoms in total. The molecular formula is C19H22N6O3S. The van der Waals surface area contributed by atoms with Crippen LogP contribution >= 0.6 is 11.3 Å². The van der Waals surface area contributed by atoms with Crippen LogP contribution in [0.4, 0.5) is 10.8 Å². The minimum absolute atomic E-state index is 0.118. The number of benzene rings is 1. The summed E-state index contributed by atoms with van der Waals surface area (Å²) in [6.45, 7) is 3.84. The summed E-state index contributed by atoms with van der Waals surface area (Å²) in [6.07, 6.45) is 1.17. The van der Waals surface area contributed by atoms with E-state index in [4.69, 9.17) is 0 Å². The van der Waals surface area contributed by atoms with Crippen LogP contribution in [0.5, 0.6) is 0 Å². The molecule has 29 heavy (non-hydrogen) atoms. The molecule has 152 valence electrons. The van der Waals surface area contributed by atoms with Gasteiger partial charge in [-0.1, -0.05) is 23.5 Å². The molecule has 1 spiro atoms. The van der Waals surface area contributed by atoms with Gasteiger partial charge in [0.2, 0.25) is 16.9 Å². The molecule has 2 aliphatic heterocycles. The van der Waals surface area contributed by atoms with Crippen LogP contribution in [0.3, 0.4) is 0 Å². The summed E-state index contributed by atoms with van der Waals surface area (Å²) in [7, 11) is 0. The normalized spacial score (nSPS) is 22.3. The Morgan fingerprint density at radius 2 is 2.03 bits per heavy atom. The molecule has 1 fully saturated rings. The predicted molar refractivity (Wildman–Crippen MR) is 109 cm³/mol. The number of para-hydroxylation sites is 1. The number of aromatic nitrogens is 2. The topological polar surface area (TPSA) is 116 Å². The molecule has 0 radical (unpaired) electrons. The van der Waals surface area contributed by atoms with Crippen molar-refractivity contribution in [2.45, 2.75) is 44.8 Å². The molecule has 2 aliphatic rings. The molecule has 3 N–H and O–H groups in total. The SMILES string of the molecule is Cc1nnc(NC(=O)[C@@H](C)N2CC[C@]3(CCC2=O)NC(=O)c2ccccc2N3)s1. The second-order valence-corrected chi connectivity index (χ2v) is 8.52. The van der Waals surface area contributed by atoms with Gasteiger partial charge in [-0.3, -0.25) is 19.7 Å². The highest BCUT2D eigenvalue weighted by molar-refractivity contribution is 7.15. The first kappa shape index (κ1) is 19.3. The van der Waals surface area contributed by atoms with E-state index in [1.165, 1.54) is 11.3 Å². The van der Waals surface area contributed by atoms with Gasteiger partial charge in [-0.15, -0.1) is 10.2 Å². The van der Waals surface area contributed by atoms with Gasteiger partial charge in [0, 0.05) is 25.1 Å². The number of rotatable bonds is 3. The molecule has 0 bridgehead atoms. The fraction of sp³-hybridized carbons (Fsp3) is 0.421. The molecule has 1 saturated heterocycles. The van der Waals surface area contributed by atoms with Gasteiger partial charge in [-0.2, -0.15) is 0 Å². The van der Waals surface area contributed by atoms with E-state index in [0.29, 0.717) is 30.1 Å². The van der Waals surface area contributed by atoms with Crippen LogP contribution in [0, 0.1) is 6.92 Å². The number of anilines is 2. The summed E-state index contributed by atoms with van der Waals surface area (Å²) in [5, 5.41) is 18.1. The number of nitrogens with one attached hydrogen (secondary N) is 3. The monoisotopic (exact) mass is 414 g/mol. The summed E-state index contributed by atoms with van der Waals surface area (Å²) >= 11 is 1.28. The Kier molecular flexibility index (Phi) is 4.95. The van der Waals surface area contributed by atoms with Crippen molar-refractivity contribution >= 4 is 39.9 Å². The molecule has 1 aromatic heterocycles. The summed E-state index contributed by atoms with van der Waals surface area (Å²) < 4.78 is 0. The van der Waals surface area contributed by atoms with Gasteiger partial charge in [0.05, 0.1) is 5.56 Å². The lowest BCUT2D eigenvalue weighted by Gasteiger charge is -2.40. The van der Waals surface area contributed by atoms with Gasteiger partial charge >= 0.3 is 0 Å². The lowest BCUT2D eigenvalue weighted by Crippen LogP contribution is -2.58. The summed E-state index contributed by atoms with van der Waals surface area (Å²) in [4.78, 5) is 39.5. The van der Waals surface area contributed by atoms with E-state index in [9.17, 15) is 14.4 Å². The number of likely N-dealkylation sites (tertiary alicyclic amines) is 1. The van der Waals surface area contributed by atoms with Crippen LogP contribution in [0.15, 0.2) is 24.3 Å². The highest BCUT2D eigenvalue weighted by atomic mass is 32.1. The van der Waals surface area contributed by atoms with Gasteiger partial charge in [0.1, 0.15) is 16.7 Å². The number of hydrogen-bond acceptors (Lipinski definition) is 7. The Morgan fingerprint density at radius 1 is 1.24 bits per heavy atom. The molecule has 0 saturated carbocycles. The Morgan fingerprint density at radius 3 is 2.79 bits per heavy atom. The highest BCUT2D eigenvalue weighted by Crippen LogP contribution is 2.32. The van der Waals surface area contributed by atoms with Crippen molar-refractivity contribution in [2.24, 2.45) is 0 Å². The Hall–Kier alpha value is -3.01. The maximum atomic E-state index is 12.7. The zero-order valence-corrected chi connectivity index (χ0v) is 17.0. The number of amides is 3. The van der Waals surface area contributed by atoms with Crippen LogP contribution < -0.4 is 16.0 Å². The van der Waals surface area contributed by atoms with Crippen molar-refractivity contribution < 1.29 is 14.4 Å². The Bertz CT molecular complexity index is 976. The van der Waals surface area contributed by atoms with Crippen molar-refractivity contribution in [2.75, 3.05) is 17.2 Å². The predicted octanol–water partition coefficient (Wildman–Crippen LogP) is 1.74. The third kappa shape index (κ3) is 3.80. The first-order valence-electron chi connectivity index (χ1n) is 9.47. The number of carbonyl (C=O) groups is 3. The highest BCUT2D eigenvalue weighted by Gasteiger charge is 2.41. The minimum atomic E-state index is -0.706. The van der Waals surface area contributed by atoms with Crippen molar-refractivity contribution in [3.8, 4) is 0 Å². The molecular weight excluding hydrogens is 392 g/mol. The van der Waals surface area contributed by atoms with Crippen LogP contribution in [0.2, 0.25) is 0 Å². The van der Waals surface area contributed by atoms with Crippen molar-refractivity contribution in [1.29, 1.82) is 0 Å². The van der Waals surface area contributed by atoms with E-state index < -0.39 is 11.7 Å². The van der Waals surface area contributed by atoms with Gasteiger partial charge in [-0.05, 0) is 32.4 Å². The fourth-order valence-corrected chi connectivity index (χ4v) is 4.34. The molecule has 10 heteroatoms. The van der Waals surface area contributed by atoms with Crippen molar-refractivity contribution in [1.82, 2.24) is 20.4 Å². The summed E-state index contributed by atoms with van der Waals surface area (Å²) in [5.74, 6) is -0.581. The second-order valence-electron chi connectivity index (χ2n) is 7.34. The number of hydrogen-bond donors (Lipinski definition) is 3. The molecule has 0 unspecified atom stereocenters. The van der Waals surface area contributed by atoms with Crippen LogP contribution in [-0.2, 0) is 9.59 Å². The average molecular weight is 414 g/mol. The van der Waals surface area contributed by atoms with E-state index in [0.717, 1.165) is 10.7 Å². The quantitative estimate of drug-likeness (QED) is 0.704. The average Bonchev–Trinajstić information content (AvgIpc) is 3.04. The smallest absolute Gasteiger partial charge is 0.255 e. The van der Waals surface area contributed by atoms with Crippen LogP contribution in [-0.4, -0.2) is 51.1 Å². The maximum Gasteiger partial charge on any atom is 0.255 e. The van der Waals surface area contributed by atoms with Crippen molar-refractivity contribution in [3.63, 3.8) is 0 Å². The van der Waals surface area contributed by atoms with Crippen LogP contribution in [0.25, 0.3) is 0 Å². The number of carbonyl (C=O) groups excluding carboxylic acids is 3. The molecule has 1 aromatic carbocycles. The lowest BCUT2D eigenvalue weighted by molar-refractivity contribution is -0.137. The molecule has 2 atom stereocenters. The Balaban J connectivity index is 1.48. The Labute approximate surface area is 171 Å². The van der Waals surface area contributed by atoms with Crippen LogP contribution in [0.1, 0.15) is 41.6 Å². The molecule has 3 amide bonds. The van der Waals surface area contributed by atoms with Gasteiger partial charge in [-0.25, -0.2) is 0 Å². The maximum absolute atomic E-state index is 12.7. The number of fused-ring (bicyclic) bond motifs is 1. The summed E-state index contributed by atoms with van der Waals surface area (Å²) in [5.41, 5.74) is 0.641. The standard InChI is InChI=1S/C19H22N6O3S/c1-11(16(27)20-18-24-23-12(2)29-18)25-10-9-19(8-7-15(25)26)21-14-6-4-3-5-13(14)17(28)22-19/h3-6,11,21H,7-10H2,1-2H3,(H,22,28)(H,20,24,27)/t11-,19+/m1/s1. The largest absolute Gasteiger partial charge is 0.362 e. The first-order chi connectivity index (χ1) is 13.9. The zero-order chi connectivity index (χ0) is 20.6. The lowest BCUT2D eigenvalue weighted by atomic mass is 9.95. The van der Waals surface area contributed by atoms with E-state index in [2.05, 4.69) is 26.1 Å². The van der Waals surface area contributed by atoms with Gasteiger partial charge in [0.15, 0.2) is 0 Å². The van der Waals surface area contributed by atoms with E-state index in [1.807, 2.05) is 18.2 Å². The van der Waals surface area contributed by atoms with E-state index >= 15 is 0 Å². The molecule has 4 rings (SSSR count). The zero-order valence-electron chi connectivity index (χ0n) is 16.2. The van der Waals surface area contributed by atoms with E-state index in [-0.39, 0.29) is 24.1 Å². The third-order valence-electron chi connectivity index (χ3n) is 5.37. The molecule has 0 aliphatic carbocycles. The van der Waals surface area contributed by atoms with Gasteiger partial charge < -0.3 is 15.5 Å². The first-order valence-corrected chi connectivity index (χ1v) is 10.3. The number of nitrogens with zero attached hydrogens (tertiary/aromatic N) is 3. The molecule has 3 heterocycles. The second kappa shape index (κ2) is 7.43. The van der Waals surface area contributed by atoms with Gasteiger partial charge in [0.25, 0.3) is 5.91 Å². The van der Waals surface area contributed by atoms with E-state index in [1.54, 1.807) is 24.8 Å². The van der Waals surface area contributed by atoms with Crippen molar-refractivity contribution in [3.05, 3.63) is 34.8 Å². The summed E-state index contributed by atoms with van der Waals surface area (Å²) in [6, 6.07) is 6.65. The minimum Gasteiger partial charge on any atom is -0.362 e. The third-order valence-corrected chi connectivity index (χ3v) is 6.12. The number of aryl methyl sites for hydroxylation is 1. The molecule has 2 aromatic rings. The fourth-order valence-electron chi connectivity index (χ4n) is 3.75.